The van der Waals surface area contributed by atoms with Crippen molar-refractivity contribution < 1.29 is 45.4 Å². The molecule has 33 heavy (non-hydrogen) atoms. The Morgan fingerprint density at radius 1 is 0.939 bits per heavy atom. The molecule has 0 saturated heterocycles. The number of aliphatic hydroxyl groups excluding tert-OH is 1. The predicted octanol–water partition coefficient (Wildman–Crippen LogP) is 4.03. The second-order valence-corrected chi connectivity index (χ2v) is 6.67. The van der Waals surface area contributed by atoms with Crippen molar-refractivity contribution in [3.05, 3.63) is 65.7 Å². The van der Waals surface area contributed by atoms with Crippen LogP contribution in [0.2, 0.25) is 0 Å². The van der Waals surface area contributed by atoms with Gasteiger partial charge in [-0.2, -0.15) is 35.8 Å². The van der Waals surface area contributed by atoms with Crippen molar-refractivity contribution in [1.29, 1.82) is 0 Å². The fourth-order valence-corrected chi connectivity index (χ4v) is 2.40. The first-order valence-electron chi connectivity index (χ1n) is 9.00. The molecule has 2 aromatic carbocycles. The number of nitrogens with zero attached hydrogens (tertiary/aromatic N) is 1. The number of amides is 2. The Bertz CT molecular complexity index is 1040. The highest BCUT2D eigenvalue weighted by atomic mass is 19.4. The SMILES string of the molecule is CC(=NNC(=O)C(O)c1ccccc1)c1cccc(NC(=O)C(F)(F)C(F)(F)C(F)(F)F)c1. The lowest BCUT2D eigenvalue weighted by Crippen LogP contribution is -2.57. The first-order valence-corrected chi connectivity index (χ1v) is 9.00. The molecule has 2 amide bonds. The van der Waals surface area contributed by atoms with Crippen LogP contribution in [0.3, 0.4) is 0 Å². The fourth-order valence-electron chi connectivity index (χ4n) is 2.40. The minimum Gasteiger partial charge on any atom is -0.378 e. The summed E-state index contributed by atoms with van der Waals surface area (Å²) in [5.74, 6) is -16.4. The molecule has 0 fully saturated rings. The molecule has 1 atom stereocenters. The van der Waals surface area contributed by atoms with Crippen molar-refractivity contribution in [2.75, 3.05) is 5.32 Å². The zero-order valence-electron chi connectivity index (χ0n) is 16.6. The summed E-state index contributed by atoms with van der Waals surface area (Å²) in [6.07, 6.45) is -8.20. The van der Waals surface area contributed by atoms with E-state index in [0.717, 1.165) is 12.1 Å². The van der Waals surface area contributed by atoms with Gasteiger partial charge in [0.1, 0.15) is 0 Å². The molecule has 6 nitrogen and oxygen atoms in total. The van der Waals surface area contributed by atoms with Crippen LogP contribution in [-0.2, 0) is 9.59 Å². The van der Waals surface area contributed by atoms with Crippen molar-refractivity contribution in [1.82, 2.24) is 5.43 Å². The van der Waals surface area contributed by atoms with Crippen molar-refractivity contribution >= 4 is 23.2 Å². The number of rotatable bonds is 7. The van der Waals surface area contributed by atoms with Crippen LogP contribution in [0.5, 0.6) is 0 Å². The molecule has 0 aliphatic rings. The number of hydrogen-bond donors (Lipinski definition) is 3. The van der Waals surface area contributed by atoms with Gasteiger partial charge in [-0.15, -0.1) is 0 Å². The first-order chi connectivity index (χ1) is 15.2. The van der Waals surface area contributed by atoms with E-state index >= 15 is 0 Å². The average molecular weight is 479 g/mol. The highest BCUT2D eigenvalue weighted by Gasteiger charge is 2.76. The minimum atomic E-state index is -6.65. The molecule has 0 aliphatic heterocycles. The van der Waals surface area contributed by atoms with Gasteiger partial charge in [0.25, 0.3) is 5.91 Å². The Balaban J connectivity index is 2.13. The number of hydrazone groups is 1. The molecule has 0 aromatic heterocycles. The van der Waals surface area contributed by atoms with Crippen LogP contribution < -0.4 is 10.7 Å². The molecule has 0 bridgehead atoms. The van der Waals surface area contributed by atoms with Gasteiger partial charge in [0.05, 0.1) is 5.71 Å². The van der Waals surface area contributed by atoms with Crippen LogP contribution >= 0.6 is 0 Å². The third-order valence-electron chi connectivity index (χ3n) is 4.27. The Kier molecular flexibility index (Phi) is 7.47. The Morgan fingerprint density at radius 2 is 1.55 bits per heavy atom. The standard InChI is InChI=1S/C20H16F7N3O3/c1-11(29-30-16(32)15(31)12-6-3-2-4-7-12)13-8-5-9-14(10-13)28-17(33)18(21,22)19(23,24)20(25,26)27/h2-10,15,31H,1H3,(H,28,33)(H,30,32). The van der Waals surface area contributed by atoms with Gasteiger partial charge in [0, 0.05) is 5.69 Å². The molecular formula is C20H16F7N3O3. The van der Waals surface area contributed by atoms with E-state index in [9.17, 15) is 45.4 Å². The van der Waals surface area contributed by atoms with Crippen LogP contribution in [0.15, 0.2) is 59.7 Å². The zero-order chi connectivity index (χ0) is 25.0. The van der Waals surface area contributed by atoms with Crippen LogP contribution in [0, 0.1) is 0 Å². The summed E-state index contributed by atoms with van der Waals surface area (Å²) < 4.78 is 89.7. The van der Waals surface area contributed by atoms with Gasteiger partial charge < -0.3 is 10.4 Å². The molecule has 0 aliphatic carbocycles. The number of nitrogens with one attached hydrogen (secondary N) is 2. The quantitative estimate of drug-likeness (QED) is 0.318. The molecule has 1 unspecified atom stereocenters. The number of hydrogen-bond acceptors (Lipinski definition) is 4. The molecule has 0 heterocycles. The Labute approximate surface area is 182 Å². The zero-order valence-corrected chi connectivity index (χ0v) is 16.6. The topological polar surface area (TPSA) is 90.8 Å². The van der Waals surface area contributed by atoms with E-state index in [4.69, 9.17) is 0 Å². The van der Waals surface area contributed by atoms with Crippen LogP contribution in [0.1, 0.15) is 24.2 Å². The van der Waals surface area contributed by atoms with Crippen molar-refractivity contribution in [3.8, 4) is 0 Å². The Hall–Kier alpha value is -3.48. The predicted molar refractivity (Wildman–Crippen MR) is 103 cm³/mol. The van der Waals surface area contributed by atoms with E-state index in [1.165, 1.54) is 36.5 Å². The summed E-state index contributed by atoms with van der Waals surface area (Å²) in [6.45, 7) is 1.34. The van der Waals surface area contributed by atoms with E-state index in [1.807, 2.05) is 0 Å². The van der Waals surface area contributed by atoms with Crippen LogP contribution in [0.4, 0.5) is 36.4 Å². The van der Waals surface area contributed by atoms with E-state index in [2.05, 4.69) is 10.5 Å². The lowest BCUT2D eigenvalue weighted by atomic mass is 10.1. The van der Waals surface area contributed by atoms with Gasteiger partial charge in [-0.25, -0.2) is 5.43 Å². The van der Waals surface area contributed by atoms with Gasteiger partial charge >= 0.3 is 23.9 Å². The lowest BCUT2D eigenvalue weighted by Gasteiger charge is -2.27. The number of carbonyl (C=O) groups is 2. The second kappa shape index (κ2) is 9.57. The normalized spacial score (nSPS) is 13.9. The summed E-state index contributed by atoms with van der Waals surface area (Å²) in [5, 5.41) is 15.0. The highest BCUT2D eigenvalue weighted by Crippen LogP contribution is 2.46. The maximum absolute atomic E-state index is 13.5. The molecule has 13 heteroatoms. The van der Waals surface area contributed by atoms with Crippen LogP contribution in [-0.4, -0.2) is 40.7 Å². The highest BCUT2D eigenvalue weighted by molar-refractivity contribution is 6.02. The van der Waals surface area contributed by atoms with E-state index in [1.54, 1.807) is 18.2 Å². The number of aliphatic hydroxyl groups is 1. The van der Waals surface area contributed by atoms with Gasteiger partial charge in [-0.3, -0.25) is 9.59 Å². The molecule has 178 valence electrons. The molecular weight excluding hydrogens is 463 g/mol. The Morgan fingerprint density at radius 3 is 2.12 bits per heavy atom. The largest absolute Gasteiger partial charge is 0.460 e. The van der Waals surface area contributed by atoms with Crippen LogP contribution in [0.25, 0.3) is 0 Å². The molecule has 0 spiro atoms. The smallest absolute Gasteiger partial charge is 0.378 e. The number of benzene rings is 2. The van der Waals surface area contributed by atoms with Gasteiger partial charge in [0.2, 0.25) is 0 Å². The first kappa shape index (κ1) is 25.8. The summed E-state index contributed by atoms with van der Waals surface area (Å²) in [4.78, 5) is 23.5. The van der Waals surface area contributed by atoms with E-state index in [-0.39, 0.29) is 16.8 Å². The maximum Gasteiger partial charge on any atom is 0.460 e. The van der Waals surface area contributed by atoms with Crippen molar-refractivity contribution in [2.24, 2.45) is 5.10 Å². The molecule has 0 saturated carbocycles. The second-order valence-electron chi connectivity index (χ2n) is 6.67. The van der Waals surface area contributed by atoms with E-state index in [0.29, 0.717) is 0 Å². The van der Waals surface area contributed by atoms with Gasteiger partial charge in [-0.05, 0) is 30.2 Å². The summed E-state index contributed by atoms with van der Waals surface area (Å²) in [5.41, 5.74) is 1.95. The fraction of sp³-hybridized carbons (Fsp3) is 0.250. The maximum atomic E-state index is 13.5. The van der Waals surface area contributed by atoms with Crippen molar-refractivity contribution in [3.63, 3.8) is 0 Å². The monoisotopic (exact) mass is 479 g/mol. The minimum absolute atomic E-state index is 0.0343. The summed E-state index contributed by atoms with van der Waals surface area (Å²) in [7, 11) is 0. The van der Waals surface area contributed by atoms with E-state index < -0.39 is 41.6 Å². The average Bonchev–Trinajstić information content (AvgIpc) is 2.76. The van der Waals surface area contributed by atoms with Gasteiger partial charge in [0.15, 0.2) is 6.10 Å². The summed E-state index contributed by atoms with van der Waals surface area (Å²) in [6, 6.07) is 12.3. The molecule has 3 N–H and O–H groups in total. The number of halogens is 7. The molecule has 0 radical (unpaired) electrons. The third-order valence-corrected chi connectivity index (χ3v) is 4.27. The lowest BCUT2D eigenvalue weighted by molar-refractivity contribution is -0.343. The number of anilines is 1. The number of alkyl halides is 7. The number of carbonyl (C=O) groups excluding carboxylic acids is 2. The molecule has 2 rings (SSSR count). The van der Waals surface area contributed by atoms with Crippen molar-refractivity contribution in [2.45, 2.75) is 31.0 Å². The summed E-state index contributed by atoms with van der Waals surface area (Å²) >= 11 is 0. The third kappa shape index (κ3) is 5.66. The molecule has 2 aromatic rings. The van der Waals surface area contributed by atoms with Gasteiger partial charge in [-0.1, -0.05) is 42.5 Å².